The molecule has 0 aromatic carbocycles. The van der Waals surface area contributed by atoms with Gasteiger partial charge in [-0.15, -0.1) is 11.3 Å². The molecule has 0 radical (unpaired) electrons. The highest BCUT2D eigenvalue weighted by molar-refractivity contribution is 7.11. The van der Waals surface area contributed by atoms with Crippen LogP contribution in [0.3, 0.4) is 0 Å². The second-order valence-electron chi connectivity index (χ2n) is 5.69. The summed E-state index contributed by atoms with van der Waals surface area (Å²) < 4.78 is 0. The minimum absolute atomic E-state index is 0.0567. The van der Waals surface area contributed by atoms with Crippen molar-refractivity contribution < 1.29 is 5.11 Å². The molecule has 0 bridgehead atoms. The zero-order valence-corrected chi connectivity index (χ0v) is 11.8. The van der Waals surface area contributed by atoms with Crippen molar-refractivity contribution in [2.24, 2.45) is 5.92 Å². The molecule has 3 atom stereocenters. The molecule has 1 aliphatic heterocycles. The molecule has 1 aliphatic carbocycles. The van der Waals surface area contributed by atoms with E-state index < -0.39 is 0 Å². The van der Waals surface area contributed by atoms with Gasteiger partial charge in [0, 0.05) is 29.6 Å². The van der Waals surface area contributed by atoms with Crippen LogP contribution in [0.1, 0.15) is 42.0 Å². The van der Waals surface area contributed by atoms with Crippen LogP contribution in [0.15, 0.2) is 6.20 Å². The average Bonchev–Trinajstić information content (AvgIpc) is 3.02. The van der Waals surface area contributed by atoms with Crippen LogP contribution in [0.2, 0.25) is 0 Å². The lowest BCUT2D eigenvalue weighted by molar-refractivity contribution is 0.0722. The molecular weight excluding hydrogens is 244 g/mol. The lowest BCUT2D eigenvalue weighted by Gasteiger charge is -2.30. The molecule has 1 aromatic heterocycles. The van der Waals surface area contributed by atoms with E-state index in [9.17, 15) is 5.11 Å². The van der Waals surface area contributed by atoms with E-state index in [0.717, 1.165) is 18.0 Å². The molecule has 4 heteroatoms. The molecule has 1 aromatic rings. The maximum absolute atomic E-state index is 10.1. The third kappa shape index (κ3) is 2.46. The van der Waals surface area contributed by atoms with Crippen LogP contribution < -0.4 is 0 Å². The summed E-state index contributed by atoms with van der Waals surface area (Å²) in [6.45, 7) is 4.28. The zero-order valence-electron chi connectivity index (χ0n) is 11.0. The zero-order chi connectivity index (χ0) is 12.5. The summed E-state index contributed by atoms with van der Waals surface area (Å²) in [4.78, 5) is 8.28. The van der Waals surface area contributed by atoms with Crippen molar-refractivity contribution in [3.63, 3.8) is 0 Å². The molecule has 2 fully saturated rings. The summed E-state index contributed by atoms with van der Waals surface area (Å²) in [5.74, 6) is 0.515. The maximum atomic E-state index is 10.1. The largest absolute Gasteiger partial charge is 0.393 e. The van der Waals surface area contributed by atoms with Crippen molar-refractivity contribution in [1.29, 1.82) is 0 Å². The highest BCUT2D eigenvalue weighted by Crippen LogP contribution is 2.36. The standard InChI is InChI=1S/C14H22N2OS/c1-10-15-8-11(18-10)9-16-7-3-5-13(16)12-4-2-6-14(12)17/h8,12-14,17H,2-7,9H2,1H3. The van der Waals surface area contributed by atoms with Crippen molar-refractivity contribution in [3.8, 4) is 0 Å². The number of aryl methyl sites for hydroxylation is 1. The molecule has 2 aliphatic rings. The highest BCUT2D eigenvalue weighted by Gasteiger charge is 2.38. The molecule has 1 N–H and O–H groups in total. The van der Waals surface area contributed by atoms with Crippen LogP contribution in [0.5, 0.6) is 0 Å². The number of hydrogen-bond donors (Lipinski definition) is 1. The molecule has 3 nitrogen and oxygen atoms in total. The third-order valence-corrected chi connectivity index (χ3v) is 5.37. The van der Waals surface area contributed by atoms with Gasteiger partial charge in [-0.1, -0.05) is 6.42 Å². The normalized spacial score (nSPS) is 33.3. The lowest BCUT2D eigenvalue weighted by Crippen LogP contribution is -2.38. The van der Waals surface area contributed by atoms with E-state index in [4.69, 9.17) is 0 Å². The molecule has 2 heterocycles. The van der Waals surface area contributed by atoms with Gasteiger partial charge in [0.05, 0.1) is 11.1 Å². The summed E-state index contributed by atoms with van der Waals surface area (Å²) in [5.41, 5.74) is 0. The van der Waals surface area contributed by atoms with Crippen molar-refractivity contribution in [1.82, 2.24) is 9.88 Å². The van der Waals surface area contributed by atoms with Gasteiger partial charge in [-0.05, 0) is 39.2 Å². The average molecular weight is 266 g/mol. The number of likely N-dealkylation sites (tertiary alicyclic amines) is 1. The Morgan fingerprint density at radius 1 is 1.39 bits per heavy atom. The summed E-state index contributed by atoms with van der Waals surface area (Å²) in [5, 5.41) is 11.3. The van der Waals surface area contributed by atoms with Gasteiger partial charge in [-0.2, -0.15) is 0 Å². The van der Waals surface area contributed by atoms with Gasteiger partial charge in [0.2, 0.25) is 0 Å². The Morgan fingerprint density at radius 3 is 2.94 bits per heavy atom. The summed E-state index contributed by atoms with van der Waals surface area (Å²) in [7, 11) is 0. The lowest BCUT2D eigenvalue weighted by atomic mass is 9.94. The number of aromatic nitrogens is 1. The van der Waals surface area contributed by atoms with Crippen molar-refractivity contribution >= 4 is 11.3 Å². The monoisotopic (exact) mass is 266 g/mol. The molecule has 0 spiro atoms. The Bertz CT molecular complexity index is 406. The predicted octanol–water partition coefficient (Wildman–Crippen LogP) is 2.58. The topological polar surface area (TPSA) is 36.4 Å². The van der Waals surface area contributed by atoms with E-state index in [-0.39, 0.29) is 6.10 Å². The van der Waals surface area contributed by atoms with Gasteiger partial charge in [-0.3, -0.25) is 4.90 Å². The fraction of sp³-hybridized carbons (Fsp3) is 0.786. The highest BCUT2D eigenvalue weighted by atomic mass is 32.1. The SMILES string of the molecule is Cc1ncc(CN2CCCC2C2CCCC2O)s1. The molecule has 3 rings (SSSR count). The first-order valence-electron chi connectivity index (χ1n) is 7.07. The minimum atomic E-state index is -0.0567. The maximum Gasteiger partial charge on any atom is 0.0897 e. The Kier molecular flexibility index (Phi) is 3.68. The van der Waals surface area contributed by atoms with Gasteiger partial charge in [0.1, 0.15) is 0 Å². The molecule has 18 heavy (non-hydrogen) atoms. The molecule has 1 saturated carbocycles. The first-order chi connectivity index (χ1) is 8.74. The number of thiazole rings is 1. The molecular formula is C14H22N2OS. The van der Waals surface area contributed by atoms with Crippen LogP contribution in [0.4, 0.5) is 0 Å². The fourth-order valence-corrected chi connectivity index (χ4v) is 4.45. The van der Waals surface area contributed by atoms with Crippen molar-refractivity contribution in [3.05, 3.63) is 16.1 Å². The number of aliphatic hydroxyl groups is 1. The quantitative estimate of drug-likeness (QED) is 0.913. The Balaban J connectivity index is 1.67. The smallest absolute Gasteiger partial charge is 0.0897 e. The van der Waals surface area contributed by atoms with E-state index in [0.29, 0.717) is 12.0 Å². The van der Waals surface area contributed by atoms with Gasteiger partial charge in [0.25, 0.3) is 0 Å². The van der Waals surface area contributed by atoms with Gasteiger partial charge >= 0.3 is 0 Å². The van der Waals surface area contributed by atoms with Gasteiger partial charge in [-0.25, -0.2) is 4.98 Å². The van der Waals surface area contributed by atoms with E-state index in [1.807, 2.05) is 6.20 Å². The van der Waals surface area contributed by atoms with Gasteiger partial charge in [0.15, 0.2) is 0 Å². The van der Waals surface area contributed by atoms with Gasteiger partial charge < -0.3 is 5.11 Å². The number of rotatable bonds is 3. The van der Waals surface area contributed by atoms with Crippen LogP contribution in [0, 0.1) is 12.8 Å². The number of hydrogen-bond acceptors (Lipinski definition) is 4. The Hall–Kier alpha value is -0.450. The third-order valence-electron chi connectivity index (χ3n) is 4.47. The van der Waals surface area contributed by atoms with E-state index in [1.54, 1.807) is 11.3 Å². The van der Waals surface area contributed by atoms with Crippen LogP contribution in [-0.4, -0.2) is 33.7 Å². The number of nitrogens with zero attached hydrogens (tertiary/aromatic N) is 2. The molecule has 3 unspecified atom stereocenters. The Morgan fingerprint density at radius 2 is 2.28 bits per heavy atom. The molecule has 100 valence electrons. The summed E-state index contributed by atoms with van der Waals surface area (Å²) in [6, 6.07) is 0.602. The minimum Gasteiger partial charge on any atom is -0.393 e. The number of aliphatic hydroxyl groups excluding tert-OH is 1. The Labute approximate surface area is 113 Å². The van der Waals surface area contributed by atoms with Crippen LogP contribution >= 0.6 is 11.3 Å². The first-order valence-corrected chi connectivity index (χ1v) is 7.89. The second-order valence-corrected chi connectivity index (χ2v) is 7.01. The molecule has 1 saturated heterocycles. The molecule has 0 amide bonds. The van der Waals surface area contributed by atoms with Crippen molar-refractivity contribution in [2.45, 2.75) is 57.7 Å². The van der Waals surface area contributed by atoms with Crippen LogP contribution in [0.25, 0.3) is 0 Å². The van der Waals surface area contributed by atoms with Crippen molar-refractivity contribution in [2.75, 3.05) is 6.54 Å². The first kappa shape index (κ1) is 12.6. The summed E-state index contributed by atoms with van der Waals surface area (Å²) >= 11 is 1.80. The van der Waals surface area contributed by atoms with E-state index in [1.165, 1.54) is 37.1 Å². The fourth-order valence-electron chi connectivity index (χ4n) is 3.63. The van der Waals surface area contributed by atoms with E-state index in [2.05, 4.69) is 16.8 Å². The predicted molar refractivity (Wildman–Crippen MR) is 73.6 cm³/mol. The second kappa shape index (κ2) is 5.27. The summed E-state index contributed by atoms with van der Waals surface area (Å²) in [6.07, 6.45) is 7.93. The van der Waals surface area contributed by atoms with E-state index >= 15 is 0 Å². The van der Waals surface area contributed by atoms with Crippen LogP contribution in [-0.2, 0) is 6.54 Å².